The van der Waals surface area contributed by atoms with Crippen molar-refractivity contribution in [1.82, 2.24) is 54.7 Å². The third kappa shape index (κ3) is 5.60. The summed E-state index contributed by atoms with van der Waals surface area (Å²) in [5, 5.41) is 18.7. The van der Waals surface area contributed by atoms with E-state index in [2.05, 4.69) is 40.7 Å². The van der Waals surface area contributed by atoms with Gasteiger partial charge in [0.1, 0.15) is 18.3 Å². The number of hydrogen-bond donors (Lipinski definition) is 0. The highest BCUT2D eigenvalue weighted by Crippen LogP contribution is 2.34. The first-order valence-corrected chi connectivity index (χ1v) is 12.9. The van der Waals surface area contributed by atoms with Crippen LogP contribution in [-0.4, -0.2) is 54.7 Å². The summed E-state index contributed by atoms with van der Waals surface area (Å²) < 4.78 is 84.5. The van der Waals surface area contributed by atoms with Crippen LogP contribution in [0.4, 0.5) is 26.3 Å². The summed E-state index contributed by atoms with van der Waals surface area (Å²) in [4.78, 5) is 11.9. The molecule has 6 aromatic rings. The molecule has 0 fully saturated rings. The minimum atomic E-state index is -4.62. The fraction of sp³-hybridized carbons (Fsp3) is 0.154. The zero-order chi connectivity index (χ0) is 31.0. The highest BCUT2D eigenvalue weighted by Gasteiger charge is 2.32. The highest BCUT2D eigenvalue weighted by molar-refractivity contribution is 6.31. The van der Waals surface area contributed by atoms with E-state index in [-0.39, 0.29) is 28.4 Å². The summed E-state index contributed by atoms with van der Waals surface area (Å²) >= 11 is 6.06. The molecule has 224 valence electrons. The molecular weight excluding hydrogens is 616 g/mol. The maximum absolute atomic E-state index is 15.3. The molecule has 0 saturated heterocycles. The fourth-order valence-electron chi connectivity index (χ4n) is 4.52. The zero-order valence-corrected chi connectivity index (χ0v) is 22.6. The number of hydrogen-bond acceptors (Lipinski definition) is 8. The number of aromatic nitrogens is 11. The predicted molar refractivity (Wildman–Crippen MR) is 141 cm³/mol. The molecule has 0 radical (unpaired) electrons. The number of halogens is 7. The van der Waals surface area contributed by atoms with Crippen molar-refractivity contribution >= 4 is 11.6 Å². The molecule has 18 heteroatoms. The summed E-state index contributed by atoms with van der Waals surface area (Å²) in [6.45, 7) is -2.95. The van der Waals surface area contributed by atoms with E-state index in [0.717, 1.165) is 18.6 Å². The molecule has 6 rings (SSSR count). The Morgan fingerprint density at radius 2 is 1.73 bits per heavy atom. The van der Waals surface area contributed by atoms with Crippen LogP contribution in [-0.2, 0) is 12.6 Å². The number of pyridine rings is 2. The Hall–Kier alpha value is -5.19. The molecular formula is C26H16ClF6N11. The van der Waals surface area contributed by atoms with Crippen molar-refractivity contribution in [1.29, 1.82) is 0 Å². The van der Waals surface area contributed by atoms with Crippen molar-refractivity contribution in [2.45, 2.75) is 25.2 Å². The van der Waals surface area contributed by atoms with Gasteiger partial charge in [-0.15, -0.1) is 5.10 Å². The molecule has 0 N–H and O–H groups in total. The molecule has 1 atom stereocenters. The van der Waals surface area contributed by atoms with Gasteiger partial charge < -0.3 is 0 Å². The maximum Gasteiger partial charge on any atom is 0.433 e. The van der Waals surface area contributed by atoms with E-state index in [4.69, 9.17) is 11.6 Å². The van der Waals surface area contributed by atoms with Crippen molar-refractivity contribution < 1.29 is 26.3 Å². The molecule has 0 bridgehead atoms. The van der Waals surface area contributed by atoms with Crippen molar-refractivity contribution in [2.75, 3.05) is 0 Å². The average molecular weight is 632 g/mol. The van der Waals surface area contributed by atoms with E-state index in [0.29, 0.717) is 27.2 Å². The van der Waals surface area contributed by atoms with Crippen LogP contribution in [0.3, 0.4) is 0 Å². The number of benzene rings is 1. The smallest absolute Gasteiger partial charge is 0.263 e. The molecule has 1 aromatic carbocycles. The van der Waals surface area contributed by atoms with E-state index >= 15 is 4.39 Å². The standard InChI is InChI=1S/C26H16ClF6N11/c27-17-3-5-19(43-13-37-40-41-43)22(23(17)28)15-2-4-18(34-9-15)20(7-14-1-6-21(35-8-14)26(31,32)33)42-11-16(10-38-42)24-36-12-39-44(24)25(29)30/h1-6,8-13,20,25H,7H2/t20-/m0/s1. The largest absolute Gasteiger partial charge is 0.433 e. The summed E-state index contributed by atoms with van der Waals surface area (Å²) in [5.74, 6) is -0.877. The van der Waals surface area contributed by atoms with E-state index < -0.39 is 30.3 Å². The monoisotopic (exact) mass is 631 g/mol. The van der Waals surface area contributed by atoms with E-state index in [1.54, 1.807) is 12.1 Å². The van der Waals surface area contributed by atoms with E-state index in [1.807, 2.05) is 0 Å². The van der Waals surface area contributed by atoms with Crippen LogP contribution < -0.4 is 0 Å². The Morgan fingerprint density at radius 3 is 2.39 bits per heavy atom. The first kappa shape index (κ1) is 28.9. The molecule has 0 saturated carbocycles. The Bertz CT molecular complexity index is 1890. The maximum atomic E-state index is 15.3. The molecule has 5 aromatic heterocycles. The first-order chi connectivity index (χ1) is 21.1. The van der Waals surface area contributed by atoms with Gasteiger partial charge in [0.15, 0.2) is 11.6 Å². The van der Waals surface area contributed by atoms with Gasteiger partial charge in [0.25, 0.3) is 0 Å². The summed E-state index contributed by atoms with van der Waals surface area (Å²) in [5.41, 5.74) is 0.602. The minimum Gasteiger partial charge on any atom is -0.263 e. The van der Waals surface area contributed by atoms with Crippen molar-refractivity contribution in [3.63, 3.8) is 0 Å². The highest BCUT2D eigenvalue weighted by atomic mass is 35.5. The van der Waals surface area contributed by atoms with Crippen molar-refractivity contribution in [2.24, 2.45) is 0 Å². The van der Waals surface area contributed by atoms with Gasteiger partial charge in [-0.2, -0.15) is 41.5 Å². The predicted octanol–water partition coefficient (Wildman–Crippen LogP) is 5.61. The lowest BCUT2D eigenvalue weighted by atomic mass is 10.0. The van der Waals surface area contributed by atoms with E-state index in [1.165, 1.54) is 52.5 Å². The second-order valence-electron chi connectivity index (χ2n) is 9.27. The third-order valence-corrected chi connectivity index (χ3v) is 6.86. The summed E-state index contributed by atoms with van der Waals surface area (Å²) in [6.07, 6.45) is 2.90. The molecule has 0 spiro atoms. The fourth-order valence-corrected chi connectivity index (χ4v) is 4.68. The molecule has 0 aliphatic carbocycles. The Balaban J connectivity index is 1.40. The van der Waals surface area contributed by atoms with Crippen molar-refractivity contribution in [3.05, 3.63) is 102 Å². The van der Waals surface area contributed by atoms with Crippen LogP contribution in [0.2, 0.25) is 5.02 Å². The summed E-state index contributed by atoms with van der Waals surface area (Å²) in [7, 11) is 0. The van der Waals surface area contributed by atoms with Crippen LogP contribution >= 0.6 is 11.6 Å². The number of alkyl halides is 5. The molecule has 0 amide bonds. The van der Waals surface area contributed by atoms with Crippen LogP contribution in [0.25, 0.3) is 28.2 Å². The van der Waals surface area contributed by atoms with Gasteiger partial charge in [-0.3, -0.25) is 14.6 Å². The quantitative estimate of drug-likeness (QED) is 0.199. The number of nitrogens with zero attached hydrogens (tertiary/aromatic N) is 11. The topological polar surface area (TPSA) is 118 Å². The molecule has 44 heavy (non-hydrogen) atoms. The Kier molecular flexibility index (Phi) is 7.54. The average Bonchev–Trinajstić information content (AvgIpc) is 3.79. The first-order valence-electron chi connectivity index (χ1n) is 12.5. The van der Waals surface area contributed by atoms with E-state index in [9.17, 15) is 22.0 Å². The van der Waals surface area contributed by atoms with Gasteiger partial charge in [0, 0.05) is 36.1 Å². The molecule has 0 aliphatic rings. The SMILES string of the molecule is Fc1c(Cl)ccc(-n2cnnn2)c1-c1ccc([C@H](Cc2ccc(C(F)(F)F)nc2)n2cc(-c3ncnn3C(F)F)cn2)nc1. The molecule has 11 nitrogen and oxygen atoms in total. The van der Waals surface area contributed by atoms with Crippen LogP contribution in [0.15, 0.2) is 73.8 Å². The van der Waals surface area contributed by atoms with Crippen LogP contribution in [0.5, 0.6) is 0 Å². The molecule has 0 unspecified atom stereocenters. The van der Waals surface area contributed by atoms with Gasteiger partial charge in [-0.1, -0.05) is 23.7 Å². The molecule has 5 heterocycles. The number of tetrazole rings is 1. The van der Waals surface area contributed by atoms with Crippen LogP contribution in [0.1, 0.15) is 29.5 Å². The summed E-state index contributed by atoms with van der Waals surface area (Å²) in [6, 6.07) is 7.40. The van der Waals surface area contributed by atoms with Gasteiger partial charge >= 0.3 is 12.7 Å². The number of rotatable bonds is 8. The molecule has 0 aliphatic heterocycles. The van der Waals surface area contributed by atoms with Crippen LogP contribution in [0, 0.1) is 5.82 Å². The minimum absolute atomic E-state index is 0.0571. The normalized spacial score (nSPS) is 12.6. The second kappa shape index (κ2) is 11.5. The van der Waals surface area contributed by atoms with Crippen molar-refractivity contribution in [3.8, 4) is 28.2 Å². The van der Waals surface area contributed by atoms with Gasteiger partial charge in [-0.25, -0.2) is 9.37 Å². The lowest BCUT2D eigenvalue weighted by molar-refractivity contribution is -0.141. The third-order valence-electron chi connectivity index (χ3n) is 6.57. The zero-order valence-electron chi connectivity index (χ0n) is 21.9. The Labute approximate surface area is 247 Å². The second-order valence-corrected chi connectivity index (χ2v) is 9.67. The lowest BCUT2D eigenvalue weighted by Crippen LogP contribution is -2.16. The van der Waals surface area contributed by atoms with Gasteiger partial charge in [-0.05, 0) is 40.3 Å². The van der Waals surface area contributed by atoms with Gasteiger partial charge in [0.2, 0.25) is 0 Å². The Morgan fingerprint density at radius 1 is 0.886 bits per heavy atom. The van der Waals surface area contributed by atoms with Gasteiger partial charge in [0.05, 0.1) is 34.2 Å². The lowest BCUT2D eigenvalue weighted by Gasteiger charge is -2.18.